The summed E-state index contributed by atoms with van der Waals surface area (Å²) >= 11 is 0. The van der Waals surface area contributed by atoms with Gasteiger partial charge in [0, 0.05) is 0 Å². The highest BCUT2D eigenvalue weighted by molar-refractivity contribution is 5.69. The maximum absolute atomic E-state index is 11.7. The van der Waals surface area contributed by atoms with Gasteiger partial charge in [-0.05, 0) is 0 Å². The minimum atomic E-state index is -4.62. The second kappa shape index (κ2) is 2.37. The van der Waals surface area contributed by atoms with E-state index in [0.717, 1.165) is 6.20 Å². The summed E-state index contributed by atoms with van der Waals surface area (Å²) < 4.78 is 39.0. The number of aromatic nitrogens is 1. The number of hydrogen-bond donors (Lipinski definition) is 0. The Bertz CT molecular complexity index is 265. The Hall–Kier alpha value is -1.33. The first kappa shape index (κ1) is 7.77. The number of rotatable bonds is 1. The van der Waals surface area contributed by atoms with Crippen molar-refractivity contribution in [3.05, 3.63) is 17.8 Å². The zero-order valence-corrected chi connectivity index (χ0v) is 5.05. The van der Waals surface area contributed by atoms with Gasteiger partial charge in [0.2, 0.25) is 0 Å². The highest BCUT2D eigenvalue weighted by Crippen LogP contribution is 2.27. The Balaban J connectivity index is 2.98. The van der Waals surface area contributed by atoms with Crippen molar-refractivity contribution < 1.29 is 22.4 Å². The molecule has 3 nitrogen and oxygen atoms in total. The SMILES string of the molecule is O=Cc1cnc(C(F)(F)F)o1. The van der Waals surface area contributed by atoms with Crippen LogP contribution in [0.5, 0.6) is 0 Å². The summed E-state index contributed by atoms with van der Waals surface area (Å²) in [6.45, 7) is 0. The molecule has 0 fully saturated rings. The van der Waals surface area contributed by atoms with Gasteiger partial charge < -0.3 is 4.42 Å². The molecule has 1 aromatic heterocycles. The largest absolute Gasteiger partial charge is 0.468 e. The third-order valence-corrected chi connectivity index (χ3v) is 0.882. The number of carbonyl (C=O) groups is 1. The molecule has 1 aromatic rings. The van der Waals surface area contributed by atoms with E-state index in [1.54, 1.807) is 0 Å². The topological polar surface area (TPSA) is 43.1 Å². The number of nitrogens with zero attached hydrogens (tertiary/aromatic N) is 1. The number of halogens is 3. The Labute approximate surface area is 58.8 Å². The Morgan fingerprint density at radius 1 is 1.55 bits per heavy atom. The predicted molar refractivity (Wildman–Crippen MR) is 26.9 cm³/mol. The molecule has 1 heterocycles. The van der Waals surface area contributed by atoms with Gasteiger partial charge in [-0.15, -0.1) is 0 Å². The van der Waals surface area contributed by atoms with Gasteiger partial charge in [0.05, 0.1) is 6.20 Å². The van der Waals surface area contributed by atoms with Crippen molar-refractivity contribution in [3.8, 4) is 0 Å². The molecular weight excluding hydrogens is 163 g/mol. The normalized spacial score (nSPS) is 11.5. The van der Waals surface area contributed by atoms with Crippen LogP contribution in [-0.2, 0) is 6.18 Å². The molecule has 0 spiro atoms. The van der Waals surface area contributed by atoms with Crippen LogP contribution in [-0.4, -0.2) is 11.3 Å². The third kappa shape index (κ3) is 1.57. The van der Waals surface area contributed by atoms with E-state index in [-0.39, 0.29) is 6.29 Å². The van der Waals surface area contributed by atoms with Crippen LogP contribution in [0.2, 0.25) is 0 Å². The molecule has 0 atom stereocenters. The maximum Gasteiger partial charge on any atom is 0.468 e. The van der Waals surface area contributed by atoms with Crippen LogP contribution in [0, 0.1) is 0 Å². The van der Waals surface area contributed by atoms with E-state index in [1.807, 2.05) is 0 Å². The number of carbonyl (C=O) groups excluding carboxylic acids is 1. The Kier molecular flexibility index (Phi) is 1.67. The second-order valence-electron chi connectivity index (χ2n) is 1.68. The molecule has 11 heavy (non-hydrogen) atoms. The van der Waals surface area contributed by atoms with Crippen LogP contribution < -0.4 is 0 Å². The predicted octanol–water partition coefficient (Wildman–Crippen LogP) is 1.51. The number of alkyl halides is 3. The average molecular weight is 165 g/mol. The van der Waals surface area contributed by atoms with E-state index in [0.29, 0.717) is 0 Å². The van der Waals surface area contributed by atoms with E-state index in [2.05, 4.69) is 9.40 Å². The molecule has 0 saturated heterocycles. The van der Waals surface area contributed by atoms with E-state index in [1.165, 1.54) is 0 Å². The second-order valence-corrected chi connectivity index (χ2v) is 1.68. The number of hydrogen-bond acceptors (Lipinski definition) is 3. The smallest absolute Gasteiger partial charge is 0.430 e. The first-order chi connectivity index (χ1) is 5.04. The Morgan fingerprint density at radius 2 is 2.18 bits per heavy atom. The van der Waals surface area contributed by atoms with E-state index in [4.69, 9.17) is 0 Å². The fraction of sp³-hybridized carbons (Fsp3) is 0.200. The lowest BCUT2D eigenvalue weighted by Gasteiger charge is -1.97. The van der Waals surface area contributed by atoms with Gasteiger partial charge in [-0.25, -0.2) is 4.98 Å². The molecule has 1 rings (SSSR count). The minimum absolute atomic E-state index is 0.155. The maximum atomic E-state index is 11.7. The molecule has 0 bridgehead atoms. The van der Waals surface area contributed by atoms with Crippen molar-refractivity contribution in [3.63, 3.8) is 0 Å². The molecule has 0 aliphatic carbocycles. The highest BCUT2D eigenvalue weighted by atomic mass is 19.4. The van der Waals surface area contributed by atoms with E-state index in [9.17, 15) is 18.0 Å². The quantitative estimate of drug-likeness (QED) is 0.592. The zero-order chi connectivity index (χ0) is 8.48. The van der Waals surface area contributed by atoms with Crippen LogP contribution in [0.25, 0.3) is 0 Å². The lowest BCUT2D eigenvalue weighted by molar-refractivity contribution is -0.157. The van der Waals surface area contributed by atoms with Crippen molar-refractivity contribution >= 4 is 6.29 Å². The van der Waals surface area contributed by atoms with Gasteiger partial charge in [0.15, 0.2) is 12.0 Å². The van der Waals surface area contributed by atoms with Crippen molar-refractivity contribution in [2.45, 2.75) is 6.18 Å². The molecule has 6 heteroatoms. The molecule has 0 unspecified atom stereocenters. The number of oxazole rings is 1. The average Bonchev–Trinajstić information content (AvgIpc) is 2.32. The lowest BCUT2D eigenvalue weighted by atomic mass is 10.6. The standard InChI is InChI=1S/C5H2F3NO2/c6-5(7,8)4-9-1-3(2-10)11-4/h1-2H. The summed E-state index contributed by atoms with van der Waals surface area (Å²) in [6, 6.07) is 0. The van der Waals surface area contributed by atoms with Gasteiger partial charge in [-0.1, -0.05) is 0 Å². The minimum Gasteiger partial charge on any atom is -0.430 e. The van der Waals surface area contributed by atoms with Crippen LogP contribution in [0.15, 0.2) is 10.6 Å². The lowest BCUT2D eigenvalue weighted by Crippen LogP contribution is -2.04. The molecule has 0 aliphatic rings. The van der Waals surface area contributed by atoms with Crippen LogP contribution in [0.1, 0.15) is 16.4 Å². The van der Waals surface area contributed by atoms with E-state index < -0.39 is 17.8 Å². The third-order valence-electron chi connectivity index (χ3n) is 0.882. The molecule has 0 radical (unpaired) electrons. The summed E-state index contributed by atoms with van der Waals surface area (Å²) in [5, 5.41) is 0. The van der Waals surface area contributed by atoms with Gasteiger partial charge in [-0.3, -0.25) is 4.79 Å². The molecule has 60 valence electrons. The van der Waals surface area contributed by atoms with E-state index >= 15 is 0 Å². The summed E-state index contributed by atoms with van der Waals surface area (Å²) in [7, 11) is 0. The summed E-state index contributed by atoms with van der Waals surface area (Å²) in [6.07, 6.45) is -3.75. The summed E-state index contributed by atoms with van der Waals surface area (Å²) in [4.78, 5) is 12.7. The van der Waals surface area contributed by atoms with Crippen molar-refractivity contribution in [1.82, 2.24) is 4.98 Å². The summed E-state index contributed by atoms with van der Waals surface area (Å²) in [5.41, 5.74) is 0. The van der Waals surface area contributed by atoms with Crippen molar-refractivity contribution in [2.75, 3.05) is 0 Å². The van der Waals surface area contributed by atoms with Gasteiger partial charge in [-0.2, -0.15) is 13.2 Å². The molecule has 0 N–H and O–H groups in total. The molecule has 0 aromatic carbocycles. The fourth-order valence-corrected chi connectivity index (χ4v) is 0.472. The monoisotopic (exact) mass is 165 g/mol. The number of aldehydes is 1. The van der Waals surface area contributed by atoms with Crippen LogP contribution in [0.4, 0.5) is 13.2 Å². The Morgan fingerprint density at radius 3 is 2.45 bits per heavy atom. The first-order valence-corrected chi connectivity index (χ1v) is 2.52. The molecule has 0 aliphatic heterocycles. The van der Waals surface area contributed by atoms with Gasteiger partial charge in [0.25, 0.3) is 0 Å². The first-order valence-electron chi connectivity index (χ1n) is 2.52. The fourth-order valence-electron chi connectivity index (χ4n) is 0.472. The van der Waals surface area contributed by atoms with Crippen molar-refractivity contribution in [2.24, 2.45) is 0 Å². The van der Waals surface area contributed by atoms with Crippen molar-refractivity contribution in [1.29, 1.82) is 0 Å². The zero-order valence-electron chi connectivity index (χ0n) is 5.05. The molecule has 0 saturated carbocycles. The van der Waals surface area contributed by atoms with Gasteiger partial charge >= 0.3 is 12.1 Å². The van der Waals surface area contributed by atoms with Crippen LogP contribution >= 0.6 is 0 Å². The van der Waals surface area contributed by atoms with Crippen LogP contribution in [0.3, 0.4) is 0 Å². The van der Waals surface area contributed by atoms with Gasteiger partial charge in [0.1, 0.15) is 0 Å². The molecule has 0 amide bonds. The summed E-state index contributed by atoms with van der Waals surface area (Å²) in [5.74, 6) is -1.84. The highest BCUT2D eigenvalue weighted by Gasteiger charge is 2.37. The molecular formula is C5H2F3NO2.